The van der Waals surface area contributed by atoms with Crippen molar-refractivity contribution in [1.82, 2.24) is 20.5 Å². The summed E-state index contributed by atoms with van der Waals surface area (Å²) in [5.41, 5.74) is 0.697. The van der Waals surface area contributed by atoms with Crippen LogP contribution in [-0.4, -0.2) is 58.0 Å². The SMILES string of the molecule is C=C/C=N\N=C(/C)N1CCCC(NCSC(=N)NC(=O)Cc2ccccn2)CCC1. The fraction of sp³-hybridized carbons (Fsp3) is 0.476. The number of thioether (sulfide) groups is 1. The first-order valence-corrected chi connectivity index (χ1v) is 11.1. The quantitative estimate of drug-likeness (QED) is 0.267. The molecular weight excluding hydrogens is 398 g/mol. The van der Waals surface area contributed by atoms with E-state index in [-0.39, 0.29) is 17.5 Å². The Bertz CT molecular complexity index is 741. The van der Waals surface area contributed by atoms with Gasteiger partial charge in [0.05, 0.1) is 6.42 Å². The van der Waals surface area contributed by atoms with E-state index in [4.69, 9.17) is 5.41 Å². The minimum atomic E-state index is -0.216. The van der Waals surface area contributed by atoms with Gasteiger partial charge in [-0.3, -0.25) is 15.2 Å². The normalized spacial score (nSPS) is 16.2. The minimum Gasteiger partial charge on any atom is -0.359 e. The Kier molecular flexibility index (Phi) is 10.8. The summed E-state index contributed by atoms with van der Waals surface area (Å²) < 4.78 is 0. The van der Waals surface area contributed by atoms with Gasteiger partial charge in [-0.1, -0.05) is 24.4 Å². The number of amidine groups is 2. The second-order valence-electron chi connectivity index (χ2n) is 6.98. The van der Waals surface area contributed by atoms with Crippen LogP contribution in [0.2, 0.25) is 0 Å². The van der Waals surface area contributed by atoms with Crippen molar-refractivity contribution in [3.8, 4) is 0 Å². The van der Waals surface area contributed by atoms with E-state index in [1.165, 1.54) is 11.8 Å². The molecule has 3 N–H and O–H groups in total. The molecule has 9 heteroatoms. The summed E-state index contributed by atoms with van der Waals surface area (Å²) in [6.07, 6.45) is 9.31. The van der Waals surface area contributed by atoms with Gasteiger partial charge in [-0.25, -0.2) is 0 Å². The third kappa shape index (κ3) is 9.32. The number of pyridine rings is 1. The maximum atomic E-state index is 12.0. The van der Waals surface area contributed by atoms with E-state index in [1.54, 1.807) is 24.6 Å². The van der Waals surface area contributed by atoms with Gasteiger partial charge >= 0.3 is 0 Å². The lowest BCUT2D eigenvalue weighted by Gasteiger charge is -2.29. The number of hydrogen-bond acceptors (Lipinski definition) is 7. The monoisotopic (exact) mass is 429 g/mol. The van der Waals surface area contributed by atoms with E-state index in [2.05, 4.69) is 37.3 Å². The maximum absolute atomic E-state index is 12.0. The molecule has 30 heavy (non-hydrogen) atoms. The molecule has 1 fully saturated rings. The first-order chi connectivity index (χ1) is 14.6. The topological polar surface area (TPSA) is 106 Å². The lowest BCUT2D eigenvalue weighted by Crippen LogP contribution is -2.38. The number of nitrogens with zero attached hydrogens (tertiary/aromatic N) is 4. The van der Waals surface area contributed by atoms with Crippen molar-refractivity contribution in [2.75, 3.05) is 19.0 Å². The lowest BCUT2D eigenvalue weighted by atomic mass is 10.0. The van der Waals surface area contributed by atoms with Crippen LogP contribution in [0.1, 0.15) is 38.3 Å². The lowest BCUT2D eigenvalue weighted by molar-refractivity contribution is -0.119. The van der Waals surface area contributed by atoms with E-state index in [0.29, 0.717) is 17.6 Å². The van der Waals surface area contributed by atoms with E-state index in [0.717, 1.165) is 44.6 Å². The van der Waals surface area contributed by atoms with Gasteiger partial charge in [0.25, 0.3) is 0 Å². The summed E-state index contributed by atoms with van der Waals surface area (Å²) in [5, 5.41) is 22.4. The standard InChI is InChI=1S/C21H31N7OS/c1-3-11-25-27-17(2)28-13-6-9-18(10-7-14-28)24-16-30-21(22)26-20(29)15-19-8-4-5-12-23-19/h3-5,8,11-12,18,24H,1,6-7,9-10,13-16H2,2H3,(H2,22,26,29)/b25-11-,27-17+. The molecule has 1 saturated heterocycles. The van der Waals surface area contributed by atoms with Crippen LogP contribution in [0.3, 0.4) is 0 Å². The molecule has 1 aliphatic rings. The smallest absolute Gasteiger partial charge is 0.231 e. The van der Waals surface area contributed by atoms with Crippen LogP contribution in [0.4, 0.5) is 0 Å². The Morgan fingerprint density at radius 1 is 1.40 bits per heavy atom. The predicted molar refractivity (Wildman–Crippen MR) is 125 cm³/mol. The highest BCUT2D eigenvalue weighted by molar-refractivity contribution is 8.13. The second kappa shape index (κ2) is 13.7. The Balaban J connectivity index is 1.64. The highest BCUT2D eigenvalue weighted by atomic mass is 32.2. The van der Waals surface area contributed by atoms with E-state index < -0.39 is 0 Å². The number of aromatic nitrogens is 1. The molecule has 1 aromatic heterocycles. The minimum absolute atomic E-state index is 0.160. The highest BCUT2D eigenvalue weighted by Gasteiger charge is 2.16. The van der Waals surface area contributed by atoms with Gasteiger partial charge < -0.3 is 15.5 Å². The summed E-state index contributed by atoms with van der Waals surface area (Å²) >= 11 is 1.30. The first-order valence-electron chi connectivity index (χ1n) is 10.2. The van der Waals surface area contributed by atoms with Gasteiger partial charge in [0, 0.05) is 43.1 Å². The molecule has 0 bridgehead atoms. The van der Waals surface area contributed by atoms with Gasteiger partial charge in [0.15, 0.2) is 5.17 Å². The van der Waals surface area contributed by atoms with Crippen LogP contribution in [0.25, 0.3) is 0 Å². The average molecular weight is 430 g/mol. The van der Waals surface area contributed by atoms with E-state index >= 15 is 0 Å². The fourth-order valence-electron chi connectivity index (χ4n) is 3.17. The number of rotatable bonds is 7. The van der Waals surface area contributed by atoms with Crippen LogP contribution >= 0.6 is 11.8 Å². The zero-order valence-corrected chi connectivity index (χ0v) is 18.3. The van der Waals surface area contributed by atoms with Crippen LogP contribution in [0.15, 0.2) is 47.3 Å². The van der Waals surface area contributed by atoms with Crippen LogP contribution in [0, 0.1) is 5.41 Å². The Morgan fingerprint density at radius 2 is 2.17 bits per heavy atom. The van der Waals surface area contributed by atoms with Gasteiger partial charge in [-0.15, -0.1) is 5.10 Å². The van der Waals surface area contributed by atoms with Crippen molar-refractivity contribution in [1.29, 1.82) is 5.41 Å². The highest BCUT2D eigenvalue weighted by Crippen LogP contribution is 2.13. The zero-order valence-electron chi connectivity index (χ0n) is 17.5. The molecule has 0 spiro atoms. The van der Waals surface area contributed by atoms with Gasteiger partial charge in [0.1, 0.15) is 5.84 Å². The van der Waals surface area contributed by atoms with E-state index in [1.807, 2.05) is 19.1 Å². The molecule has 1 aliphatic heterocycles. The molecule has 0 aromatic carbocycles. The fourth-order valence-corrected chi connectivity index (χ4v) is 3.82. The van der Waals surface area contributed by atoms with E-state index in [9.17, 15) is 4.79 Å². The Labute approximate surface area is 182 Å². The molecule has 162 valence electrons. The van der Waals surface area contributed by atoms with Crippen LogP contribution < -0.4 is 10.6 Å². The van der Waals surface area contributed by atoms with Crippen LogP contribution in [0.5, 0.6) is 0 Å². The molecule has 8 nitrogen and oxygen atoms in total. The number of amides is 1. The molecule has 2 heterocycles. The summed E-state index contributed by atoms with van der Waals surface area (Å²) in [4.78, 5) is 18.4. The summed E-state index contributed by atoms with van der Waals surface area (Å²) in [6, 6.07) is 5.88. The molecule has 0 radical (unpaired) electrons. The average Bonchev–Trinajstić information content (AvgIpc) is 2.70. The molecule has 0 saturated carbocycles. The largest absolute Gasteiger partial charge is 0.359 e. The molecule has 0 aliphatic carbocycles. The second-order valence-corrected chi connectivity index (χ2v) is 7.97. The zero-order chi connectivity index (χ0) is 21.6. The van der Waals surface area contributed by atoms with Crippen molar-refractivity contribution < 1.29 is 4.79 Å². The number of allylic oxidation sites excluding steroid dienone is 1. The molecule has 0 atom stereocenters. The number of carbonyl (C=O) groups is 1. The van der Waals surface area contributed by atoms with Gasteiger partial charge in [0.2, 0.25) is 5.91 Å². The van der Waals surface area contributed by atoms with Gasteiger partial charge in [-0.2, -0.15) is 5.10 Å². The molecule has 1 amide bonds. The summed E-state index contributed by atoms with van der Waals surface area (Å²) in [6.45, 7) is 7.51. The van der Waals surface area contributed by atoms with Crippen molar-refractivity contribution in [2.24, 2.45) is 10.2 Å². The van der Waals surface area contributed by atoms with Crippen molar-refractivity contribution in [2.45, 2.75) is 45.1 Å². The molecule has 2 rings (SSSR count). The van der Waals surface area contributed by atoms with Crippen LogP contribution in [-0.2, 0) is 11.2 Å². The number of nitrogens with one attached hydrogen (secondary N) is 3. The summed E-state index contributed by atoms with van der Waals surface area (Å²) in [5.74, 6) is 1.32. The predicted octanol–water partition coefficient (Wildman–Crippen LogP) is 2.79. The molecule has 0 unspecified atom stereocenters. The third-order valence-electron chi connectivity index (χ3n) is 4.70. The number of carbonyl (C=O) groups excluding carboxylic acids is 1. The first kappa shape index (κ1) is 23.8. The maximum Gasteiger partial charge on any atom is 0.231 e. The number of likely N-dealkylation sites (tertiary alicyclic amines) is 1. The van der Waals surface area contributed by atoms with Gasteiger partial charge in [-0.05, 0) is 50.8 Å². The Hall–Kier alpha value is -2.52. The number of hydrogen-bond donors (Lipinski definition) is 3. The summed E-state index contributed by atoms with van der Waals surface area (Å²) in [7, 11) is 0. The molecular formula is C21H31N7OS. The Morgan fingerprint density at radius 3 is 2.83 bits per heavy atom. The van der Waals surface area contributed by atoms with Crippen molar-refractivity contribution >= 4 is 34.9 Å². The van der Waals surface area contributed by atoms with Crippen molar-refractivity contribution in [3.05, 3.63) is 42.7 Å². The van der Waals surface area contributed by atoms with Crippen molar-refractivity contribution in [3.63, 3.8) is 0 Å². The molecule has 1 aromatic rings. The third-order valence-corrected chi connectivity index (χ3v) is 5.40.